The molecule has 0 unspecified atom stereocenters. The molecule has 26 heavy (non-hydrogen) atoms. The van der Waals surface area contributed by atoms with E-state index in [9.17, 15) is 4.79 Å². The van der Waals surface area contributed by atoms with Gasteiger partial charge in [-0.05, 0) is 41.8 Å². The van der Waals surface area contributed by atoms with Gasteiger partial charge in [-0.3, -0.25) is 4.79 Å². The van der Waals surface area contributed by atoms with Gasteiger partial charge in [0.05, 0.1) is 22.6 Å². The number of carbonyl (C=O) groups excluding carboxylic acids is 1. The Balaban J connectivity index is 1.47. The molecule has 130 valence electrons. The van der Waals surface area contributed by atoms with E-state index in [1.807, 2.05) is 18.2 Å². The van der Waals surface area contributed by atoms with E-state index in [1.165, 1.54) is 11.1 Å². The van der Waals surface area contributed by atoms with Crippen molar-refractivity contribution in [3.05, 3.63) is 88.7 Å². The van der Waals surface area contributed by atoms with E-state index in [0.717, 1.165) is 25.2 Å². The summed E-state index contributed by atoms with van der Waals surface area (Å²) in [4.78, 5) is 19.0. The zero-order valence-electron chi connectivity index (χ0n) is 14.2. The topological polar surface area (TPSA) is 45.2 Å². The van der Waals surface area contributed by atoms with E-state index in [0.29, 0.717) is 16.4 Å². The van der Waals surface area contributed by atoms with Gasteiger partial charge >= 0.3 is 0 Å². The molecule has 0 saturated carbocycles. The molecule has 0 saturated heterocycles. The smallest absolute Gasteiger partial charge is 0.274 e. The fourth-order valence-electron chi connectivity index (χ4n) is 3.17. The Labute approximate surface area is 157 Å². The molecule has 0 bridgehead atoms. The van der Waals surface area contributed by atoms with Crippen LogP contribution in [0.2, 0.25) is 5.02 Å². The van der Waals surface area contributed by atoms with Gasteiger partial charge in [0.2, 0.25) is 0 Å². The fourth-order valence-corrected chi connectivity index (χ4v) is 3.36. The first-order valence-corrected chi connectivity index (χ1v) is 8.92. The van der Waals surface area contributed by atoms with Gasteiger partial charge in [0.25, 0.3) is 5.91 Å². The van der Waals surface area contributed by atoms with Crippen molar-refractivity contribution in [2.24, 2.45) is 0 Å². The highest BCUT2D eigenvalue weighted by molar-refractivity contribution is 6.33. The molecule has 4 rings (SSSR count). The first-order valence-electron chi connectivity index (χ1n) is 8.54. The highest BCUT2D eigenvalue weighted by atomic mass is 35.5. The predicted octanol–water partition coefficient (Wildman–Crippen LogP) is 4.55. The summed E-state index contributed by atoms with van der Waals surface area (Å²) in [5, 5.41) is 3.30. The molecule has 1 amide bonds. The highest BCUT2D eigenvalue weighted by Gasteiger charge is 2.17. The molecule has 3 aromatic rings. The number of amides is 1. The number of hydrogen-bond donors (Lipinski definition) is 1. The minimum atomic E-state index is -0.270. The minimum absolute atomic E-state index is 0.270. The standard InChI is InChI=1S/C21H18ClN3O/c22-18-7-3-4-8-19(18)24-21(26)20-10-9-17(13-23-20)25-12-11-15-5-1-2-6-16(15)14-25/h1-10,13H,11-12,14H2,(H,24,26). The number of nitrogens with one attached hydrogen (secondary N) is 1. The lowest BCUT2D eigenvalue weighted by Crippen LogP contribution is -2.30. The Morgan fingerprint density at radius 1 is 1.00 bits per heavy atom. The Kier molecular flexibility index (Phi) is 4.59. The number of carbonyl (C=O) groups is 1. The molecule has 1 aliphatic rings. The molecular weight excluding hydrogens is 346 g/mol. The normalized spacial score (nSPS) is 13.2. The minimum Gasteiger partial charge on any atom is -0.366 e. The second kappa shape index (κ2) is 7.18. The van der Waals surface area contributed by atoms with Crippen LogP contribution in [0.25, 0.3) is 0 Å². The number of aromatic nitrogens is 1. The van der Waals surface area contributed by atoms with Crippen molar-refractivity contribution in [2.75, 3.05) is 16.8 Å². The van der Waals surface area contributed by atoms with Crippen molar-refractivity contribution < 1.29 is 4.79 Å². The van der Waals surface area contributed by atoms with Gasteiger partial charge in [-0.1, -0.05) is 48.0 Å². The van der Waals surface area contributed by atoms with Gasteiger partial charge < -0.3 is 10.2 Å². The van der Waals surface area contributed by atoms with Crippen LogP contribution in [0.5, 0.6) is 0 Å². The Morgan fingerprint density at radius 3 is 2.54 bits per heavy atom. The van der Waals surface area contributed by atoms with Crippen molar-refractivity contribution in [1.82, 2.24) is 4.98 Å². The molecule has 1 aromatic heterocycles. The number of halogens is 1. The number of hydrogen-bond acceptors (Lipinski definition) is 3. The quantitative estimate of drug-likeness (QED) is 0.742. The lowest BCUT2D eigenvalue weighted by atomic mass is 10.00. The zero-order chi connectivity index (χ0) is 17.9. The van der Waals surface area contributed by atoms with E-state index in [4.69, 9.17) is 11.6 Å². The van der Waals surface area contributed by atoms with Crippen molar-refractivity contribution in [3.63, 3.8) is 0 Å². The third-order valence-corrected chi connectivity index (χ3v) is 4.93. The van der Waals surface area contributed by atoms with Crippen LogP contribution in [0.4, 0.5) is 11.4 Å². The summed E-state index contributed by atoms with van der Waals surface area (Å²) in [6, 6.07) is 19.4. The van der Waals surface area contributed by atoms with Crippen LogP contribution < -0.4 is 10.2 Å². The summed E-state index contributed by atoms with van der Waals surface area (Å²) in [5.74, 6) is -0.270. The van der Waals surface area contributed by atoms with Crippen molar-refractivity contribution in [3.8, 4) is 0 Å². The number of benzene rings is 2. The van der Waals surface area contributed by atoms with Crippen LogP contribution in [0, 0.1) is 0 Å². The summed E-state index contributed by atoms with van der Waals surface area (Å²) in [5.41, 5.74) is 4.73. The monoisotopic (exact) mass is 363 g/mol. The first-order chi connectivity index (χ1) is 12.7. The molecule has 0 fully saturated rings. The number of fused-ring (bicyclic) bond motifs is 1. The maximum Gasteiger partial charge on any atom is 0.274 e. The molecule has 1 aliphatic heterocycles. The number of pyridine rings is 1. The van der Waals surface area contributed by atoms with Gasteiger partial charge in [0, 0.05) is 13.1 Å². The molecular formula is C21H18ClN3O. The summed E-state index contributed by atoms with van der Waals surface area (Å²) in [6.07, 6.45) is 2.78. The molecule has 0 aliphatic carbocycles. The van der Waals surface area contributed by atoms with Crippen LogP contribution >= 0.6 is 11.6 Å². The van der Waals surface area contributed by atoms with E-state index in [1.54, 1.807) is 24.4 Å². The lowest BCUT2D eigenvalue weighted by Gasteiger charge is -2.30. The third-order valence-electron chi connectivity index (χ3n) is 4.60. The van der Waals surface area contributed by atoms with Crippen LogP contribution in [0.1, 0.15) is 21.6 Å². The maximum atomic E-state index is 12.4. The summed E-state index contributed by atoms with van der Waals surface area (Å²) >= 11 is 6.08. The second-order valence-corrected chi connectivity index (χ2v) is 6.68. The van der Waals surface area contributed by atoms with Crippen LogP contribution in [0.15, 0.2) is 66.9 Å². The van der Waals surface area contributed by atoms with Crippen molar-refractivity contribution in [1.29, 1.82) is 0 Å². The van der Waals surface area contributed by atoms with E-state index >= 15 is 0 Å². The van der Waals surface area contributed by atoms with Crippen LogP contribution in [0.3, 0.4) is 0 Å². The van der Waals surface area contributed by atoms with E-state index in [2.05, 4.69) is 39.5 Å². The summed E-state index contributed by atoms with van der Waals surface area (Å²) in [6.45, 7) is 1.81. The first kappa shape index (κ1) is 16.6. The number of rotatable bonds is 3. The van der Waals surface area contributed by atoms with Crippen LogP contribution in [-0.2, 0) is 13.0 Å². The predicted molar refractivity (Wildman–Crippen MR) is 105 cm³/mol. The zero-order valence-corrected chi connectivity index (χ0v) is 14.9. The Morgan fingerprint density at radius 2 is 1.77 bits per heavy atom. The van der Waals surface area contributed by atoms with Gasteiger partial charge in [0.1, 0.15) is 5.69 Å². The number of para-hydroxylation sites is 1. The fraction of sp³-hybridized carbons (Fsp3) is 0.143. The van der Waals surface area contributed by atoms with Gasteiger partial charge in [-0.15, -0.1) is 0 Å². The summed E-state index contributed by atoms with van der Waals surface area (Å²) in [7, 11) is 0. The molecule has 0 spiro atoms. The van der Waals surface area contributed by atoms with Gasteiger partial charge in [0.15, 0.2) is 0 Å². The van der Waals surface area contributed by atoms with Crippen LogP contribution in [-0.4, -0.2) is 17.4 Å². The number of anilines is 2. The third kappa shape index (κ3) is 3.41. The Hall–Kier alpha value is -2.85. The molecule has 0 radical (unpaired) electrons. The molecule has 0 atom stereocenters. The largest absolute Gasteiger partial charge is 0.366 e. The maximum absolute atomic E-state index is 12.4. The van der Waals surface area contributed by atoms with Gasteiger partial charge in [-0.25, -0.2) is 4.98 Å². The van der Waals surface area contributed by atoms with E-state index in [-0.39, 0.29) is 5.91 Å². The average Bonchev–Trinajstić information content (AvgIpc) is 2.69. The Bertz CT molecular complexity index is 940. The molecule has 1 N–H and O–H groups in total. The highest BCUT2D eigenvalue weighted by Crippen LogP contribution is 2.24. The molecule has 2 aromatic carbocycles. The second-order valence-electron chi connectivity index (χ2n) is 6.28. The van der Waals surface area contributed by atoms with Gasteiger partial charge in [-0.2, -0.15) is 0 Å². The van der Waals surface area contributed by atoms with Crippen molar-refractivity contribution in [2.45, 2.75) is 13.0 Å². The van der Waals surface area contributed by atoms with Crippen molar-refractivity contribution >= 4 is 28.9 Å². The molecule has 4 nitrogen and oxygen atoms in total. The molecule has 5 heteroatoms. The average molecular weight is 364 g/mol. The SMILES string of the molecule is O=C(Nc1ccccc1Cl)c1ccc(N2CCc3ccccc3C2)cn1. The summed E-state index contributed by atoms with van der Waals surface area (Å²) < 4.78 is 0. The van der Waals surface area contributed by atoms with E-state index < -0.39 is 0 Å². The molecule has 2 heterocycles. The lowest BCUT2D eigenvalue weighted by molar-refractivity contribution is 0.102. The number of nitrogens with zero attached hydrogens (tertiary/aromatic N) is 2.